The monoisotopic (exact) mass is 711 g/mol. The van der Waals surface area contributed by atoms with Crippen molar-refractivity contribution in [2.75, 3.05) is 19.6 Å². The van der Waals surface area contributed by atoms with Crippen LogP contribution in [0.25, 0.3) is 0 Å². The van der Waals surface area contributed by atoms with E-state index >= 15 is 0 Å². The Labute approximate surface area is 265 Å². The average Bonchev–Trinajstić information content (AvgIpc) is 2.90. The first-order chi connectivity index (χ1) is 20.3. The summed E-state index contributed by atoms with van der Waals surface area (Å²) in [6.45, 7) is 2.39. The summed E-state index contributed by atoms with van der Waals surface area (Å²) >= 11 is 0. The summed E-state index contributed by atoms with van der Waals surface area (Å²) in [6, 6.07) is 9.86. The Morgan fingerprint density at radius 3 is 0.978 bits per heavy atom. The zero-order chi connectivity index (χ0) is 32.9. The molecule has 20 heteroatoms. The molecule has 0 bridgehead atoms. The maximum Gasteiger partial charge on any atom is 0.294 e. The molecule has 0 fully saturated rings. The van der Waals surface area contributed by atoms with Gasteiger partial charge in [0.15, 0.2) is 0 Å². The molecule has 0 saturated carbocycles. The van der Waals surface area contributed by atoms with Crippen LogP contribution >= 0.6 is 0 Å². The number of rotatable bonds is 15. The molecule has 0 radical (unpaired) electrons. The van der Waals surface area contributed by atoms with Crippen LogP contribution in [0.5, 0.6) is 17.2 Å². The van der Waals surface area contributed by atoms with Crippen LogP contribution in [0.15, 0.2) is 69.3 Å². The third kappa shape index (κ3) is 11.4. The number of hydrogen-bond donors (Lipinski definition) is 9. The predicted molar refractivity (Wildman–Crippen MR) is 164 cm³/mol. The Bertz CT molecular complexity index is 1620. The van der Waals surface area contributed by atoms with Crippen LogP contribution in [-0.2, 0) is 50.0 Å². The molecule has 0 spiro atoms. The molecule has 0 amide bonds. The van der Waals surface area contributed by atoms with Gasteiger partial charge in [0.05, 0.1) is 14.7 Å². The van der Waals surface area contributed by atoms with Crippen molar-refractivity contribution in [1.82, 2.24) is 16.0 Å². The summed E-state index contributed by atoms with van der Waals surface area (Å²) in [5.41, 5.74) is -0.171. The summed E-state index contributed by atoms with van der Waals surface area (Å²) in [6.07, 6.45) is 0. The number of hydrogen-bond acceptors (Lipinski definition) is 12. The third-order valence-corrected chi connectivity index (χ3v) is 9.20. The highest BCUT2D eigenvalue weighted by Gasteiger charge is 2.25. The Morgan fingerprint density at radius 1 is 0.522 bits per heavy atom. The van der Waals surface area contributed by atoms with Gasteiger partial charge in [0, 0.05) is 61.4 Å². The van der Waals surface area contributed by atoms with E-state index in [1.165, 1.54) is 0 Å². The van der Waals surface area contributed by atoms with E-state index < -0.39 is 50.5 Å². The lowest BCUT2D eigenvalue weighted by Crippen LogP contribution is -2.46. The molecule has 0 aliphatic heterocycles. The Balaban J connectivity index is 0.00000529. The number of benzene rings is 3. The summed E-state index contributed by atoms with van der Waals surface area (Å²) in [5.74, 6) is -0.649. The minimum Gasteiger partial charge on any atom is -0.508 e. The van der Waals surface area contributed by atoms with Crippen LogP contribution in [0.1, 0.15) is 23.6 Å². The van der Waals surface area contributed by atoms with Gasteiger partial charge in [-0.05, 0) is 54.6 Å². The normalized spacial score (nSPS) is 12.3. The van der Waals surface area contributed by atoms with Crippen LogP contribution in [0.4, 0.5) is 0 Å². The molecule has 0 heterocycles. The fraction of sp³-hybridized carbons (Fsp3) is 0.308. The van der Waals surface area contributed by atoms with Gasteiger partial charge in [0.1, 0.15) is 17.2 Å². The van der Waals surface area contributed by atoms with E-state index in [9.17, 15) is 54.2 Å². The highest BCUT2D eigenvalue weighted by atomic mass is 32.2. The number of phenols is 3. The second-order valence-corrected chi connectivity index (χ2v) is 14.7. The molecule has 3 aromatic rings. The zero-order valence-electron chi connectivity index (χ0n) is 24.3. The lowest BCUT2D eigenvalue weighted by Gasteiger charge is -2.31. The van der Waals surface area contributed by atoms with E-state index in [0.29, 0.717) is 0 Å². The van der Waals surface area contributed by atoms with Crippen molar-refractivity contribution in [3.63, 3.8) is 0 Å². The Morgan fingerprint density at radius 2 is 0.761 bits per heavy atom. The number of phenolic OH excluding ortho intramolecular Hbond substituents is 3. The van der Waals surface area contributed by atoms with Crippen molar-refractivity contribution in [2.24, 2.45) is 5.41 Å². The molecule has 13 N–H and O–H groups in total. The molecule has 0 aromatic heterocycles. The number of aromatic hydroxyl groups is 3. The fourth-order valence-electron chi connectivity index (χ4n) is 4.28. The van der Waals surface area contributed by atoms with Crippen molar-refractivity contribution in [3.8, 4) is 17.2 Å². The van der Waals surface area contributed by atoms with Crippen molar-refractivity contribution < 1.29 is 65.2 Å². The minimum absolute atomic E-state index is 0. The Kier molecular flexibility index (Phi) is 14.1. The molecule has 3 aromatic carbocycles. The maximum absolute atomic E-state index is 11.5. The van der Waals surface area contributed by atoms with Gasteiger partial charge in [-0.25, -0.2) is 0 Å². The van der Waals surface area contributed by atoms with E-state index in [1.807, 2.05) is 6.92 Å². The van der Waals surface area contributed by atoms with Gasteiger partial charge in [-0.3, -0.25) is 13.7 Å². The summed E-state index contributed by atoms with van der Waals surface area (Å²) < 4.78 is 97.0. The first kappa shape index (κ1) is 40.6. The van der Waals surface area contributed by atoms with Crippen LogP contribution < -0.4 is 16.0 Å². The minimum atomic E-state index is -4.51. The largest absolute Gasteiger partial charge is 0.508 e. The summed E-state index contributed by atoms with van der Waals surface area (Å²) in [4.78, 5) is -1.22. The predicted octanol–water partition coefficient (Wildman–Crippen LogP) is -0.430. The van der Waals surface area contributed by atoms with Crippen LogP contribution in [0.2, 0.25) is 0 Å². The molecular weight excluding hydrogens is 674 g/mol. The maximum atomic E-state index is 11.5. The molecular formula is C26H37N3O14S3. The molecule has 3 rings (SSSR count). The lowest BCUT2D eigenvalue weighted by molar-refractivity contribution is 0.270. The van der Waals surface area contributed by atoms with E-state index in [4.69, 9.17) is 0 Å². The second-order valence-electron chi connectivity index (χ2n) is 10.4. The van der Waals surface area contributed by atoms with E-state index in [1.54, 1.807) is 0 Å². The van der Waals surface area contributed by atoms with E-state index in [-0.39, 0.29) is 84.2 Å². The number of nitrogens with one attached hydrogen (secondary N) is 3. The highest BCUT2D eigenvalue weighted by molar-refractivity contribution is 7.86. The van der Waals surface area contributed by atoms with Crippen molar-refractivity contribution in [2.45, 2.75) is 41.2 Å². The lowest BCUT2D eigenvalue weighted by atomic mass is 9.89. The standard InChI is InChI=1S/C26H33N3O12S3.2H2O/c1-26(14-27-11-17-8-20(42(33,34)35)2-5-23(17)30,15-28-12-18-9-21(43(36,37)38)3-6-24(18)31)16-29-13-19-10-22(44(39,40)41)4-7-25(19)32;;/h2-10,27-32H,11-16H2,1H3,(H,33,34,35)(H,36,37,38)(H,39,40,41);2*1H2. The highest BCUT2D eigenvalue weighted by Crippen LogP contribution is 2.25. The quantitative estimate of drug-likeness (QED) is 0.0903. The van der Waals surface area contributed by atoms with Gasteiger partial charge in [-0.15, -0.1) is 0 Å². The molecule has 0 saturated heterocycles. The molecule has 46 heavy (non-hydrogen) atoms. The van der Waals surface area contributed by atoms with Gasteiger partial charge in [-0.2, -0.15) is 25.3 Å². The molecule has 0 atom stereocenters. The van der Waals surface area contributed by atoms with E-state index in [2.05, 4.69) is 16.0 Å². The molecule has 17 nitrogen and oxygen atoms in total. The zero-order valence-corrected chi connectivity index (χ0v) is 26.7. The average molecular weight is 712 g/mol. The Hall–Kier alpha value is -3.41. The second kappa shape index (κ2) is 15.9. The van der Waals surface area contributed by atoms with Crippen molar-refractivity contribution >= 4 is 30.4 Å². The molecule has 0 unspecified atom stereocenters. The first-order valence-electron chi connectivity index (χ1n) is 12.8. The van der Waals surface area contributed by atoms with Gasteiger partial charge in [0.2, 0.25) is 0 Å². The fourth-order valence-corrected chi connectivity index (χ4v) is 5.87. The third-order valence-electron chi connectivity index (χ3n) is 6.65. The van der Waals surface area contributed by atoms with Crippen LogP contribution in [-0.4, -0.2) is 84.8 Å². The first-order valence-corrected chi connectivity index (χ1v) is 17.1. The SMILES string of the molecule is CC(CNCc1cc(S(=O)(=O)O)ccc1O)(CNCc1cc(S(=O)(=O)O)ccc1O)CNCc1cc(S(=O)(=O)O)ccc1O.O.O. The van der Waals surface area contributed by atoms with Crippen LogP contribution in [0.3, 0.4) is 0 Å². The molecule has 0 aliphatic carbocycles. The smallest absolute Gasteiger partial charge is 0.294 e. The van der Waals surface area contributed by atoms with Gasteiger partial charge in [0.25, 0.3) is 30.4 Å². The molecule has 0 aliphatic rings. The summed E-state index contributed by atoms with van der Waals surface area (Å²) in [7, 11) is -13.5. The van der Waals surface area contributed by atoms with E-state index in [0.717, 1.165) is 54.6 Å². The molecule has 258 valence electrons. The topological polar surface area (TPSA) is 323 Å². The van der Waals surface area contributed by atoms with Crippen LogP contribution in [0, 0.1) is 5.41 Å². The van der Waals surface area contributed by atoms with Crippen molar-refractivity contribution in [3.05, 3.63) is 71.3 Å². The van der Waals surface area contributed by atoms with Gasteiger partial charge < -0.3 is 42.2 Å². The van der Waals surface area contributed by atoms with Gasteiger partial charge >= 0.3 is 0 Å². The summed E-state index contributed by atoms with van der Waals surface area (Å²) in [5, 5.41) is 39.8. The van der Waals surface area contributed by atoms with Gasteiger partial charge in [-0.1, -0.05) is 6.92 Å². The van der Waals surface area contributed by atoms with Crippen molar-refractivity contribution in [1.29, 1.82) is 0 Å².